The van der Waals surface area contributed by atoms with E-state index in [0.717, 1.165) is 21.0 Å². The largest absolute Gasteiger partial charge is 0.397 e. The van der Waals surface area contributed by atoms with Crippen LogP contribution in [0.4, 0.5) is 5.69 Å². The third-order valence-electron chi connectivity index (χ3n) is 2.36. The van der Waals surface area contributed by atoms with Crippen molar-refractivity contribution < 1.29 is 0 Å². The summed E-state index contributed by atoms with van der Waals surface area (Å²) in [6.45, 7) is 0. The quantitative estimate of drug-likeness (QED) is 0.673. The van der Waals surface area contributed by atoms with Gasteiger partial charge in [0.2, 0.25) is 0 Å². The van der Waals surface area contributed by atoms with Crippen molar-refractivity contribution in [3.63, 3.8) is 0 Å². The zero-order valence-corrected chi connectivity index (χ0v) is 9.61. The summed E-state index contributed by atoms with van der Waals surface area (Å²) in [7, 11) is 0. The number of benzene rings is 1. The Hall–Kier alpha value is -2.08. The van der Waals surface area contributed by atoms with Crippen molar-refractivity contribution in [2.75, 3.05) is 5.73 Å². The summed E-state index contributed by atoms with van der Waals surface area (Å²) in [5, 5.41) is 8.41. The smallest absolute Gasteiger partial charge is 0.188 e. The van der Waals surface area contributed by atoms with Crippen LogP contribution in [-0.2, 0) is 0 Å². The van der Waals surface area contributed by atoms with E-state index in [4.69, 9.17) is 5.73 Å². The highest BCUT2D eigenvalue weighted by Crippen LogP contribution is 2.31. The molecule has 0 spiro atoms. The van der Waals surface area contributed by atoms with Crippen LogP contribution in [0.2, 0.25) is 0 Å². The molecule has 0 bridgehead atoms. The minimum absolute atomic E-state index is 0.683. The number of hydrogen-bond acceptors (Lipinski definition) is 5. The molecule has 5 nitrogen and oxygen atoms in total. The molecule has 1 aromatic carbocycles. The Morgan fingerprint density at radius 3 is 2.94 bits per heavy atom. The minimum Gasteiger partial charge on any atom is -0.397 e. The lowest BCUT2D eigenvalue weighted by Gasteiger charge is -2.05. The molecule has 0 atom stereocenters. The highest BCUT2D eigenvalue weighted by molar-refractivity contribution is 7.99. The standard InChI is InChI=1S/C11H9N5S/c12-8-3-1-2-7-9(4-5-13-10(7)8)17-11-14-6-15-16-11/h1-6H,12H2,(H,14,15,16). The van der Waals surface area contributed by atoms with Gasteiger partial charge in [-0.3, -0.25) is 10.1 Å². The average Bonchev–Trinajstić information content (AvgIpc) is 2.83. The van der Waals surface area contributed by atoms with E-state index in [-0.39, 0.29) is 0 Å². The molecule has 84 valence electrons. The van der Waals surface area contributed by atoms with Gasteiger partial charge in [0.25, 0.3) is 0 Å². The number of para-hydroxylation sites is 1. The average molecular weight is 243 g/mol. The lowest BCUT2D eigenvalue weighted by atomic mass is 10.2. The van der Waals surface area contributed by atoms with Crippen LogP contribution in [0.15, 0.2) is 46.8 Å². The fraction of sp³-hybridized carbons (Fsp3) is 0. The van der Waals surface area contributed by atoms with E-state index >= 15 is 0 Å². The van der Waals surface area contributed by atoms with E-state index in [1.165, 1.54) is 18.1 Å². The van der Waals surface area contributed by atoms with Gasteiger partial charge in [-0.05, 0) is 23.9 Å². The number of aromatic amines is 1. The molecule has 0 aliphatic carbocycles. The molecular formula is C11H9N5S. The Kier molecular flexibility index (Phi) is 2.41. The first kappa shape index (κ1) is 10.1. The summed E-state index contributed by atoms with van der Waals surface area (Å²) in [6.07, 6.45) is 3.23. The first-order valence-electron chi connectivity index (χ1n) is 5.01. The Labute approximate surface area is 101 Å². The Bertz CT molecular complexity index is 650. The van der Waals surface area contributed by atoms with Crippen LogP contribution in [-0.4, -0.2) is 20.2 Å². The molecule has 2 aromatic heterocycles. The molecule has 0 radical (unpaired) electrons. The minimum atomic E-state index is 0.683. The van der Waals surface area contributed by atoms with Crippen LogP contribution < -0.4 is 5.73 Å². The number of nitrogen functional groups attached to an aromatic ring is 1. The lowest BCUT2D eigenvalue weighted by Crippen LogP contribution is -1.90. The number of nitrogens with one attached hydrogen (secondary N) is 1. The topological polar surface area (TPSA) is 80.5 Å². The SMILES string of the molecule is Nc1cccc2c(Sc3ncn[nH]3)ccnc12. The molecule has 2 heterocycles. The van der Waals surface area contributed by atoms with Gasteiger partial charge in [0.15, 0.2) is 5.16 Å². The second-order valence-corrected chi connectivity index (χ2v) is 4.48. The highest BCUT2D eigenvalue weighted by atomic mass is 32.2. The molecule has 0 amide bonds. The summed E-state index contributed by atoms with van der Waals surface area (Å²) < 4.78 is 0. The van der Waals surface area contributed by atoms with Crippen molar-refractivity contribution in [3.8, 4) is 0 Å². The molecule has 3 aromatic rings. The van der Waals surface area contributed by atoms with Gasteiger partial charge in [-0.25, -0.2) is 4.98 Å². The first-order valence-corrected chi connectivity index (χ1v) is 5.82. The number of pyridine rings is 1. The number of anilines is 1. The van der Waals surface area contributed by atoms with Gasteiger partial charge in [0.05, 0.1) is 11.2 Å². The summed E-state index contributed by atoms with van der Waals surface area (Å²) in [5.74, 6) is 0. The number of nitrogens with two attached hydrogens (primary N) is 1. The first-order chi connectivity index (χ1) is 8.34. The van der Waals surface area contributed by atoms with Gasteiger partial charge in [0, 0.05) is 16.5 Å². The maximum Gasteiger partial charge on any atom is 0.188 e. The van der Waals surface area contributed by atoms with Crippen LogP contribution in [0, 0.1) is 0 Å². The van der Waals surface area contributed by atoms with E-state index in [1.54, 1.807) is 6.20 Å². The third-order valence-corrected chi connectivity index (χ3v) is 3.33. The van der Waals surface area contributed by atoms with E-state index < -0.39 is 0 Å². The number of rotatable bonds is 2. The van der Waals surface area contributed by atoms with Crippen LogP contribution in [0.5, 0.6) is 0 Å². The van der Waals surface area contributed by atoms with Gasteiger partial charge in [-0.1, -0.05) is 12.1 Å². The summed E-state index contributed by atoms with van der Waals surface area (Å²) in [4.78, 5) is 9.43. The second-order valence-electron chi connectivity index (χ2n) is 3.45. The van der Waals surface area contributed by atoms with Gasteiger partial charge in [0.1, 0.15) is 6.33 Å². The van der Waals surface area contributed by atoms with E-state index in [0.29, 0.717) is 5.69 Å². The zero-order valence-electron chi connectivity index (χ0n) is 8.79. The molecule has 0 unspecified atom stereocenters. The van der Waals surface area contributed by atoms with Crippen molar-refractivity contribution in [3.05, 3.63) is 36.8 Å². The molecule has 0 saturated heterocycles. The van der Waals surface area contributed by atoms with Gasteiger partial charge in [-0.15, -0.1) is 0 Å². The molecule has 17 heavy (non-hydrogen) atoms. The monoisotopic (exact) mass is 243 g/mol. The van der Waals surface area contributed by atoms with Crippen molar-refractivity contribution >= 4 is 28.4 Å². The van der Waals surface area contributed by atoms with Crippen molar-refractivity contribution in [2.45, 2.75) is 10.1 Å². The Balaban J connectivity index is 2.14. The maximum absolute atomic E-state index is 5.89. The molecular weight excluding hydrogens is 234 g/mol. The molecule has 0 saturated carbocycles. The predicted octanol–water partition coefficient (Wildman–Crippen LogP) is 2.09. The summed E-state index contributed by atoms with van der Waals surface area (Å²) in [5.41, 5.74) is 7.39. The summed E-state index contributed by atoms with van der Waals surface area (Å²) >= 11 is 1.51. The lowest BCUT2D eigenvalue weighted by molar-refractivity contribution is 0.973. The molecule has 0 aliphatic rings. The second kappa shape index (κ2) is 4.06. The normalized spacial score (nSPS) is 10.8. The highest BCUT2D eigenvalue weighted by Gasteiger charge is 2.07. The fourth-order valence-corrected chi connectivity index (χ4v) is 2.42. The van der Waals surface area contributed by atoms with Crippen LogP contribution >= 0.6 is 11.8 Å². The molecule has 0 fully saturated rings. The van der Waals surface area contributed by atoms with Crippen molar-refractivity contribution in [2.24, 2.45) is 0 Å². The van der Waals surface area contributed by atoms with Gasteiger partial charge >= 0.3 is 0 Å². The fourth-order valence-electron chi connectivity index (χ4n) is 1.61. The van der Waals surface area contributed by atoms with Gasteiger partial charge < -0.3 is 5.73 Å². The molecule has 0 aliphatic heterocycles. The predicted molar refractivity (Wildman–Crippen MR) is 66.7 cm³/mol. The summed E-state index contributed by atoms with van der Waals surface area (Å²) in [6, 6.07) is 7.70. The molecule has 3 rings (SSSR count). The number of aromatic nitrogens is 4. The van der Waals surface area contributed by atoms with E-state index in [2.05, 4.69) is 20.2 Å². The van der Waals surface area contributed by atoms with Crippen molar-refractivity contribution in [1.29, 1.82) is 0 Å². The van der Waals surface area contributed by atoms with E-state index in [9.17, 15) is 0 Å². The van der Waals surface area contributed by atoms with Gasteiger partial charge in [-0.2, -0.15) is 5.10 Å². The van der Waals surface area contributed by atoms with E-state index in [1.807, 2.05) is 24.3 Å². The number of hydrogen-bond donors (Lipinski definition) is 2. The molecule has 3 N–H and O–H groups in total. The Morgan fingerprint density at radius 2 is 2.12 bits per heavy atom. The van der Waals surface area contributed by atoms with Crippen LogP contribution in [0.25, 0.3) is 10.9 Å². The third kappa shape index (κ3) is 1.83. The number of fused-ring (bicyclic) bond motifs is 1. The molecule has 6 heteroatoms. The number of nitrogens with zero attached hydrogens (tertiary/aromatic N) is 3. The maximum atomic E-state index is 5.89. The Morgan fingerprint density at radius 1 is 1.18 bits per heavy atom. The van der Waals surface area contributed by atoms with Crippen LogP contribution in [0.1, 0.15) is 0 Å². The number of H-pyrrole nitrogens is 1. The van der Waals surface area contributed by atoms with Crippen molar-refractivity contribution in [1.82, 2.24) is 20.2 Å². The zero-order chi connectivity index (χ0) is 11.7. The van der Waals surface area contributed by atoms with Crippen LogP contribution in [0.3, 0.4) is 0 Å².